The largest absolute Gasteiger partial charge is 0.354 e. The maximum absolute atomic E-state index is 12.8. The summed E-state index contributed by atoms with van der Waals surface area (Å²) >= 11 is 4.30. The molecule has 0 heterocycles. The van der Waals surface area contributed by atoms with Crippen molar-refractivity contribution in [2.45, 2.75) is 43.4 Å². The number of thiol groups is 1. The molecule has 0 unspecified atom stereocenters. The standard InChI is InChI=1S/C20H26N2O2S/c23-18(16-3-1-2-4-17(16)25)21-5-6-22-19(24)20-10-13-7-14(11-20)9-15(8-13)12-20/h1-4,13-15,25H,5-12H2,(H,21,23)(H,22,24). The fourth-order valence-corrected chi connectivity index (χ4v) is 5.95. The Hall–Kier alpha value is -1.49. The molecule has 0 atom stereocenters. The van der Waals surface area contributed by atoms with Gasteiger partial charge in [-0.25, -0.2) is 0 Å². The Morgan fingerprint density at radius 2 is 1.52 bits per heavy atom. The van der Waals surface area contributed by atoms with Crippen molar-refractivity contribution < 1.29 is 9.59 Å². The molecular weight excluding hydrogens is 332 g/mol. The summed E-state index contributed by atoms with van der Waals surface area (Å²) in [5.74, 6) is 2.38. The lowest BCUT2D eigenvalue weighted by Gasteiger charge is -2.55. The highest BCUT2D eigenvalue weighted by Gasteiger charge is 2.54. The maximum Gasteiger partial charge on any atom is 0.252 e. The van der Waals surface area contributed by atoms with Crippen LogP contribution in [0.5, 0.6) is 0 Å². The van der Waals surface area contributed by atoms with Crippen LogP contribution in [0, 0.1) is 23.2 Å². The molecule has 0 radical (unpaired) electrons. The maximum atomic E-state index is 12.8. The molecule has 1 aromatic carbocycles. The van der Waals surface area contributed by atoms with E-state index in [2.05, 4.69) is 23.3 Å². The van der Waals surface area contributed by atoms with E-state index in [-0.39, 0.29) is 17.2 Å². The molecule has 2 N–H and O–H groups in total. The zero-order valence-electron chi connectivity index (χ0n) is 14.5. The molecule has 4 aliphatic rings. The zero-order chi connectivity index (χ0) is 17.4. The van der Waals surface area contributed by atoms with E-state index in [1.807, 2.05) is 12.1 Å². The minimum atomic E-state index is -0.144. The smallest absolute Gasteiger partial charge is 0.252 e. The van der Waals surface area contributed by atoms with Crippen LogP contribution in [0.15, 0.2) is 29.2 Å². The molecule has 5 heteroatoms. The molecule has 4 fully saturated rings. The Bertz CT molecular complexity index is 653. The highest BCUT2D eigenvalue weighted by Crippen LogP contribution is 2.60. The summed E-state index contributed by atoms with van der Waals surface area (Å²) in [5.41, 5.74) is 0.453. The number of carbonyl (C=O) groups is 2. The molecule has 4 bridgehead atoms. The average molecular weight is 359 g/mol. The highest BCUT2D eigenvalue weighted by atomic mass is 32.1. The van der Waals surface area contributed by atoms with Crippen molar-refractivity contribution in [2.75, 3.05) is 13.1 Å². The normalized spacial score (nSPS) is 32.4. The first-order valence-corrected chi connectivity index (χ1v) is 9.85. The second-order valence-corrected chi connectivity index (χ2v) is 8.71. The molecule has 2 amide bonds. The van der Waals surface area contributed by atoms with Crippen LogP contribution in [0.4, 0.5) is 0 Å². The van der Waals surface area contributed by atoms with Crippen LogP contribution < -0.4 is 10.6 Å². The predicted octanol–water partition coefficient (Wildman–Crippen LogP) is 3.04. The van der Waals surface area contributed by atoms with Gasteiger partial charge in [-0.2, -0.15) is 0 Å². The Kier molecular flexibility index (Phi) is 4.52. The minimum Gasteiger partial charge on any atom is -0.354 e. The lowest BCUT2D eigenvalue weighted by Crippen LogP contribution is -2.54. The van der Waals surface area contributed by atoms with Gasteiger partial charge >= 0.3 is 0 Å². The van der Waals surface area contributed by atoms with Crippen molar-refractivity contribution in [1.29, 1.82) is 0 Å². The van der Waals surface area contributed by atoms with Crippen LogP contribution in [0.3, 0.4) is 0 Å². The summed E-state index contributed by atoms with van der Waals surface area (Å²) in [6.45, 7) is 0.931. The van der Waals surface area contributed by atoms with Gasteiger partial charge in [0.2, 0.25) is 5.91 Å². The van der Waals surface area contributed by atoms with E-state index in [9.17, 15) is 9.59 Å². The van der Waals surface area contributed by atoms with Gasteiger partial charge in [-0.1, -0.05) is 12.1 Å². The van der Waals surface area contributed by atoms with E-state index in [1.54, 1.807) is 12.1 Å². The van der Waals surface area contributed by atoms with Gasteiger partial charge in [0.05, 0.1) is 5.56 Å². The molecule has 5 rings (SSSR count). The number of carbonyl (C=O) groups excluding carboxylic acids is 2. The van der Waals surface area contributed by atoms with Crippen molar-refractivity contribution in [3.63, 3.8) is 0 Å². The Labute approximate surface area is 154 Å². The number of hydrogen-bond acceptors (Lipinski definition) is 3. The van der Waals surface area contributed by atoms with Crippen LogP contribution in [0.2, 0.25) is 0 Å². The Balaban J connectivity index is 1.27. The highest BCUT2D eigenvalue weighted by molar-refractivity contribution is 7.80. The van der Waals surface area contributed by atoms with Gasteiger partial charge in [-0.05, 0) is 68.4 Å². The zero-order valence-corrected chi connectivity index (χ0v) is 15.4. The molecule has 4 aliphatic carbocycles. The molecule has 1 aromatic rings. The second-order valence-electron chi connectivity index (χ2n) is 8.23. The fourth-order valence-electron chi connectivity index (χ4n) is 5.69. The van der Waals surface area contributed by atoms with E-state index >= 15 is 0 Å². The molecule has 0 aromatic heterocycles. The van der Waals surface area contributed by atoms with Crippen LogP contribution in [-0.2, 0) is 4.79 Å². The summed E-state index contributed by atoms with van der Waals surface area (Å²) < 4.78 is 0. The summed E-state index contributed by atoms with van der Waals surface area (Å²) in [6, 6.07) is 7.23. The van der Waals surface area contributed by atoms with Crippen LogP contribution in [0.1, 0.15) is 48.9 Å². The monoisotopic (exact) mass is 358 g/mol. The quantitative estimate of drug-likeness (QED) is 0.560. The van der Waals surface area contributed by atoms with Crippen molar-refractivity contribution in [1.82, 2.24) is 10.6 Å². The first kappa shape index (κ1) is 17.0. The number of amides is 2. The summed E-state index contributed by atoms with van der Waals surface area (Å²) in [6.07, 6.45) is 7.24. The van der Waals surface area contributed by atoms with Crippen LogP contribution in [-0.4, -0.2) is 24.9 Å². The minimum absolute atomic E-state index is 0.115. The van der Waals surface area contributed by atoms with E-state index in [0.717, 1.165) is 37.0 Å². The molecule has 4 saturated carbocycles. The number of rotatable bonds is 5. The summed E-state index contributed by atoms with van der Waals surface area (Å²) in [4.78, 5) is 25.7. The van der Waals surface area contributed by atoms with Gasteiger partial charge in [0.1, 0.15) is 0 Å². The lowest BCUT2D eigenvalue weighted by molar-refractivity contribution is -0.146. The van der Waals surface area contributed by atoms with Crippen LogP contribution >= 0.6 is 12.6 Å². The third-order valence-electron chi connectivity index (χ3n) is 6.36. The SMILES string of the molecule is O=C(NCCNC(=O)C12CC3CC(CC(C3)C1)C2)c1ccccc1S. The van der Waals surface area contributed by atoms with Crippen molar-refractivity contribution >= 4 is 24.4 Å². The van der Waals surface area contributed by atoms with E-state index < -0.39 is 0 Å². The average Bonchev–Trinajstić information content (AvgIpc) is 2.57. The van der Waals surface area contributed by atoms with Gasteiger partial charge in [0, 0.05) is 23.4 Å². The number of benzene rings is 1. The molecule has 0 spiro atoms. The molecular formula is C20H26N2O2S. The molecule has 134 valence electrons. The molecule has 4 nitrogen and oxygen atoms in total. The first-order valence-electron chi connectivity index (χ1n) is 9.40. The van der Waals surface area contributed by atoms with E-state index in [0.29, 0.717) is 23.5 Å². The van der Waals surface area contributed by atoms with E-state index in [4.69, 9.17) is 0 Å². The molecule has 0 aliphatic heterocycles. The second kappa shape index (κ2) is 6.67. The lowest BCUT2D eigenvalue weighted by atomic mass is 9.49. The topological polar surface area (TPSA) is 58.2 Å². The van der Waals surface area contributed by atoms with Gasteiger partial charge in [-0.15, -0.1) is 12.6 Å². The number of hydrogen-bond donors (Lipinski definition) is 3. The Morgan fingerprint density at radius 1 is 0.960 bits per heavy atom. The molecule has 25 heavy (non-hydrogen) atoms. The van der Waals surface area contributed by atoms with Gasteiger partial charge < -0.3 is 10.6 Å². The van der Waals surface area contributed by atoms with E-state index in [1.165, 1.54) is 19.3 Å². The molecule has 0 saturated heterocycles. The Morgan fingerprint density at radius 3 is 2.12 bits per heavy atom. The van der Waals surface area contributed by atoms with Crippen molar-refractivity contribution in [3.05, 3.63) is 29.8 Å². The van der Waals surface area contributed by atoms with Crippen molar-refractivity contribution in [3.8, 4) is 0 Å². The predicted molar refractivity (Wildman–Crippen MR) is 99.6 cm³/mol. The van der Waals surface area contributed by atoms with Gasteiger partial charge in [-0.3, -0.25) is 9.59 Å². The van der Waals surface area contributed by atoms with Gasteiger partial charge in [0.15, 0.2) is 0 Å². The summed E-state index contributed by atoms with van der Waals surface area (Å²) in [7, 11) is 0. The third-order valence-corrected chi connectivity index (χ3v) is 6.75. The van der Waals surface area contributed by atoms with Gasteiger partial charge in [0.25, 0.3) is 5.91 Å². The summed E-state index contributed by atoms with van der Waals surface area (Å²) in [5, 5.41) is 5.95. The number of nitrogens with one attached hydrogen (secondary N) is 2. The first-order chi connectivity index (χ1) is 12.1. The fraction of sp³-hybridized carbons (Fsp3) is 0.600. The third kappa shape index (κ3) is 3.31. The van der Waals surface area contributed by atoms with Crippen LogP contribution in [0.25, 0.3) is 0 Å². The van der Waals surface area contributed by atoms with Crippen molar-refractivity contribution in [2.24, 2.45) is 23.2 Å².